The van der Waals surface area contributed by atoms with Gasteiger partial charge in [0.2, 0.25) is 0 Å². The third-order valence-corrected chi connectivity index (χ3v) is 4.20. The molecule has 0 unspecified atom stereocenters. The van der Waals surface area contributed by atoms with Gasteiger partial charge in [-0.2, -0.15) is 0 Å². The molecule has 5 nitrogen and oxygen atoms in total. The first-order valence-electron chi connectivity index (χ1n) is 8.04. The van der Waals surface area contributed by atoms with E-state index in [4.69, 9.17) is 0 Å². The van der Waals surface area contributed by atoms with Crippen molar-refractivity contribution in [3.05, 3.63) is 53.7 Å². The van der Waals surface area contributed by atoms with Crippen LogP contribution in [0, 0.1) is 6.92 Å². The zero-order chi connectivity index (χ0) is 16.9. The molecule has 0 radical (unpaired) electrons. The van der Waals surface area contributed by atoms with Gasteiger partial charge in [-0.15, -0.1) is 0 Å². The van der Waals surface area contributed by atoms with E-state index in [1.165, 1.54) is 0 Å². The van der Waals surface area contributed by atoms with E-state index in [9.17, 15) is 9.18 Å². The molecule has 1 aromatic heterocycles. The van der Waals surface area contributed by atoms with E-state index in [0.29, 0.717) is 12.1 Å². The van der Waals surface area contributed by atoms with Crippen LogP contribution in [-0.2, 0) is 6.67 Å². The minimum absolute atomic E-state index is 0.0664. The van der Waals surface area contributed by atoms with Crippen molar-refractivity contribution < 1.29 is 9.18 Å². The van der Waals surface area contributed by atoms with Gasteiger partial charge in [-0.3, -0.25) is 0 Å². The summed E-state index contributed by atoms with van der Waals surface area (Å²) in [4.78, 5) is 18.5. The molecule has 2 aromatic rings. The number of urea groups is 1. The predicted octanol–water partition coefficient (Wildman–Crippen LogP) is 3.26. The van der Waals surface area contributed by atoms with E-state index < -0.39 is 6.67 Å². The Labute approximate surface area is 140 Å². The fourth-order valence-corrected chi connectivity index (χ4v) is 2.83. The first kappa shape index (κ1) is 16.2. The summed E-state index contributed by atoms with van der Waals surface area (Å²) < 4.78 is 12.5. The number of nitrogens with zero attached hydrogens (tertiary/aromatic N) is 2. The van der Waals surface area contributed by atoms with E-state index >= 15 is 0 Å². The average Bonchev–Trinajstić information content (AvgIpc) is 3.05. The van der Waals surface area contributed by atoms with Crippen LogP contribution in [0.2, 0.25) is 0 Å². The van der Waals surface area contributed by atoms with Gasteiger partial charge >= 0.3 is 6.03 Å². The van der Waals surface area contributed by atoms with Crippen LogP contribution in [0.4, 0.5) is 20.7 Å². The summed E-state index contributed by atoms with van der Waals surface area (Å²) in [7, 11) is 0. The Balaban J connectivity index is 1.54. The molecular weight excluding hydrogens is 307 g/mol. The number of rotatable bonds is 4. The van der Waals surface area contributed by atoms with Gasteiger partial charge in [0.15, 0.2) is 0 Å². The van der Waals surface area contributed by atoms with Crippen molar-refractivity contribution in [3.63, 3.8) is 0 Å². The van der Waals surface area contributed by atoms with E-state index in [1.807, 2.05) is 37.3 Å². The largest absolute Gasteiger partial charge is 0.354 e. The SMILES string of the molecule is Cc1ccccc1NC(=O)N[C@@H]1CCN(c2ccc(CF)cn2)C1. The highest BCUT2D eigenvalue weighted by Crippen LogP contribution is 2.19. The lowest BCUT2D eigenvalue weighted by Gasteiger charge is -2.18. The van der Waals surface area contributed by atoms with Crippen LogP contribution in [0.15, 0.2) is 42.6 Å². The Morgan fingerprint density at radius 3 is 2.88 bits per heavy atom. The molecule has 24 heavy (non-hydrogen) atoms. The highest BCUT2D eigenvalue weighted by molar-refractivity contribution is 5.90. The molecule has 0 aliphatic carbocycles. The standard InChI is InChI=1S/C18H21FN4O/c1-13-4-2-3-5-16(13)22-18(24)21-15-8-9-23(12-15)17-7-6-14(10-19)11-20-17/h2-7,11,15H,8-10,12H2,1H3,(H2,21,22,24)/t15-/m1/s1. The number of anilines is 2. The second-order valence-corrected chi connectivity index (χ2v) is 6.00. The molecule has 0 saturated carbocycles. The predicted molar refractivity (Wildman–Crippen MR) is 93.0 cm³/mol. The van der Waals surface area contributed by atoms with Crippen LogP contribution in [0.3, 0.4) is 0 Å². The Morgan fingerprint density at radius 2 is 2.17 bits per heavy atom. The maximum atomic E-state index is 12.5. The zero-order valence-corrected chi connectivity index (χ0v) is 13.6. The van der Waals surface area contributed by atoms with Crippen LogP contribution >= 0.6 is 0 Å². The maximum absolute atomic E-state index is 12.5. The highest BCUT2D eigenvalue weighted by Gasteiger charge is 2.24. The second-order valence-electron chi connectivity index (χ2n) is 6.00. The van der Waals surface area contributed by atoms with E-state index in [-0.39, 0.29) is 12.1 Å². The lowest BCUT2D eigenvalue weighted by atomic mass is 10.2. The topological polar surface area (TPSA) is 57.3 Å². The minimum Gasteiger partial charge on any atom is -0.354 e. The number of carbonyl (C=O) groups excluding carboxylic acids is 1. The molecule has 2 heterocycles. The van der Waals surface area contributed by atoms with Gasteiger partial charge in [-0.05, 0) is 31.0 Å². The van der Waals surface area contributed by atoms with Crippen LogP contribution in [-0.4, -0.2) is 30.1 Å². The summed E-state index contributed by atoms with van der Waals surface area (Å²) >= 11 is 0. The summed E-state index contributed by atoms with van der Waals surface area (Å²) in [6, 6.07) is 11.1. The summed E-state index contributed by atoms with van der Waals surface area (Å²) in [5.74, 6) is 0.816. The Hall–Kier alpha value is -2.63. The first-order valence-corrected chi connectivity index (χ1v) is 8.04. The van der Waals surface area contributed by atoms with Crippen molar-refractivity contribution in [2.75, 3.05) is 23.3 Å². The molecule has 1 aliphatic rings. The normalized spacial score (nSPS) is 16.9. The Morgan fingerprint density at radius 1 is 1.33 bits per heavy atom. The smallest absolute Gasteiger partial charge is 0.319 e. The zero-order valence-electron chi connectivity index (χ0n) is 13.6. The number of hydrogen-bond donors (Lipinski definition) is 2. The molecular formula is C18H21FN4O. The molecule has 1 aromatic carbocycles. The molecule has 126 valence electrons. The number of alkyl halides is 1. The molecule has 0 bridgehead atoms. The molecule has 2 amide bonds. The molecule has 1 saturated heterocycles. The van der Waals surface area contributed by atoms with Crippen molar-refractivity contribution in [3.8, 4) is 0 Å². The summed E-state index contributed by atoms with van der Waals surface area (Å²) in [6.07, 6.45) is 2.41. The van der Waals surface area contributed by atoms with Gasteiger partial charge in [-0.1, -0.05) is 24.3 Å². The van der Waals surface area contributed by atoms with Crippen molar-refractivity contribution in [1.29, 1.82) is 0 Å². The fraction of sp³-hybridized carbons (Fsp3) is 0.333. The number of para-hydroxylation sites is 1. The van der Waals surface area contributed by atoms with Crippen molar-refractivity contribution in [2.45, 2.75) is 26.1 Å². The number of halogens is 1. The van der Waals surface area contributed by atoms with Gasteiger partial charge in [0, 0.05) is 36.6 Å². The Bertz CT molecular complexity index is 704. The lowest BCUT2D eigenvalue weighted by molar-refractivity contribution is 0.249. The number of aryl methyl sites for hydroxylation is 1. The third-order valence-electron chi connectivity index (χ3n) is 4.20. The highest BCUT2D eigenvalue weighted by atomic mass is 19.1. The number of amides is 2. The quantitative estimate of drug-likeness (QED) is 0.906. The molecule has 1 aliphatic heterocycles. The van der Waals surface area contributed by atoms with Gasteiger partial charge in [0.1, 0.15) is 12.5 Å². The summed E-state index contributed by atoms with van der Waals surface area (Å²) in [5, 5.41) is 5.88. The van der Waals surface area contributed by atoms with Gasteiger partial charge < -0.3 is 15.5 Å². The van der Waals surface area contributed by atoms with Crippen LogP contribution in [0.5, 0.6) is 0 Å². The van der Waals surface area contributed by atoms with Crippen molar-refractivity contribution >= 4 is 17.5 Å². The number of pyridine rings is 1. The Kier molecular flexibility index (Phi) is 4.93. The number of carbonyl (C=O) groups is 1. The van der Waals surface area contributed by atoms with E-state index in [2.05, 4.69) is 20.5 Å². The monoisotopic (exact) mass is 328 g/mol. The number of nitrogens with one attached hydrogen (secondary N) is 2. The molecule has 0 spiro atoms. The fourth-order valence-electron chi connectivity index (χ4n) is 2.83. The second kappa shape index (κ2) is 7.29. The van der Waals surface area contributed by atoms with Gasteiger partial charge in [0.05, 0.1) is 0 Å². The van der Waals surface area contributed by atoms with Crippen LogP contribution in [0.25, 0.3) is 0 Å². The average molecular weight is 328 g/mol. The number of aromatic nitrogens is 1. The number of benzene rings is 1. The van der Waals surface area contributed by atoms with Crippen LogP contribution < -0.4 is 15.5 Å². The summed E-state index contributed by atoms with van der Waals surface area (Å²) in [6.45, 7) is 2.97. The number of hydrogen-bond acceptors (Lipinski definition) is 3. The molecule has 6 heteroatoms. The molecule has 1 atom stereocenters. The van der Waals surface area contributed by atoms with Gasteiger partial charge in [-0.25, -0.2) is 14.2 Å². The van der Waals surface area contributed by atoms with Crippen LogP contribution in [0.1, 0.15) is 17.5 Å². The molecule has 2 N–H and O–H groups in total. The van der Waals surface area contributed by atoms with Crippen molar-refractivity contribution in [1.82, 2.24) is 10.3 Å². The van der Waals surface area contributed by atoms with Gasteiger partial charge in [0.25, 0.3) is 0 Å². The van der Waals surface area contributed by atoms with E-state index in [0.717, 1.165) is 30.0 Å². The molecule has 1 fully saturated rings. The third kappa shape index (κ3) is 3.82. The first-order chi connectivity index (χ1) is 11.7. The maximum Gasteiger partial charge on any atom is 0.319 e. The summed E-state index contributed by atoms with van der Waals surface area (Å²) in [5.41, 5.74) is 2.41. The molecule has 3 rings (SSSR count). The van der Waals surface area contributed by atoms with E-state index in [1.54, 1.807) is 12.3 Å². The minimum atomic E-state index is -0.503. The van der Waals surface area contributed by atoms with Crippen molar-refractivity contribution in [2.24, 2.45) is 0 Å². The lowest BCUT2D eigenvalue weighted by Crippen LogP contribution is -2.39.